The number of allylic oxidation sites excluding steroid dienone is 2. The van der Waals surface area contributed by atoms with Gasteiger partial charge in [0.2, 0.25) is 0 Å². The van der Waals surface area contributed by atoms with Gasteiger partial charge in [0, 0.05) is 5.41 Å². The largest absolute Gasteiger partial charge is 0.459 e. The minimum absolute atomic E-state index is 0.00610. The van der Waals surface area contributed by atoms with E-state index in [2.05, 4.69) is 27.4 Å². The molecule has 0 spiro atoms. The summed E-state index contributed by atoms with van der Waals surface area (Å²) in [5, 5.41) is 10.1. The van der Waals surface area contributed by atoms with Gasteiger partial charge < -0.3 is 19.3 Å². The molecule has 0 aromatic heterocycles. The maximum atomic E-state index is 12.0. The van der Waals surface area contributed by atoms with Crippen LogP contribution in [-0.4, -0.2) is 42.8 Å². The second kappa shape index (κ2) is 8.99. The summed E-state index contributed by atoms with van der Waals surface area (Å²) in [6, 6.07) is 0. The summed E-state index contributed by atoms with van der Waals surface area (Å²) in [6.07, 6.45) is 10.9. The van der Waals surface area contributed by atoms with Crippen LogP contribution in [0.25, 0.3) is 0 Å². The van der Waals surface area contributed by atoms with Gasteiger partial charge in [0.15, 0.2) is 6.29 Å². The molecule has 2 saturated carbocycles. The first-order valence-corrected chi connectivity index (χ1v) is 12.3. The van der Waals surface area contributed by atoms with Crippen molar-refractivity contribution in [1.82, 2.24) is 0 Å². The van der Waals surface area contributed by atoms with Gasteiger partial charge in [0.05, 0.1) is 18.3 Å². The van der Waals surface area contributed by atoms with E-state index in [0.717, 1.165) is 51.6 Å². The quantitative estimate of drug-likeness (QED) is 0.279. The van der Waals surface area contributed by atoms with Crippen LogP contribution in [0.15, 0.2) is 23.8 Å². The summed E-state index contributed by atoms with van der Waals surface area (Å²) in [5.41, 5.74) is 1.78. The number of cyclic esters (lactones) is 1. The Morgan fingerprint density at radius 2 is 2.03 bits per heavy atom. The number of aliphatic hydroxyl groups excluding tert-OH is 1. The molecule has 5 heteroatoms. The Bertz CT molecular complexity index is 729. The molecular formula is C26H40O5. The van der Waals surface area contributed by atoms with Crippen molar-refractivity contribution in [2.24, 2.45) is 22.7 Å². The molecular weight excluding hydrogens is 392 g/mol. The molecule has 2 saturated heterocycles. The normalized spacial score (nSPS) is 44.1. The number of ether oxygens (including phenoxy) is 3. The maximum Gasteiger partial charge on any atom is 0.336 e. The van der Waals surface area contributed by atoms with E-state index in [0.29, 0.717) is 17.4 Å². The molecule has 4 rings (SSSR count). The van der Waals surface area contributed by atoms with Gasteiger partial charge in [-0.1, -0.05) is 51.8 Å². The van der Waals surface area contributed by atoms with Crippen molar-refractivity contribution in [2.75, 3.05) is 13.2 Å². The minimum Gasteiger partial charge on any atom is -0.459 e. The fraction of sp³-hybridized carbons (Fsp3) is 0.808. The fourth-order valence-electron chi connectivity index (χ4n) is 6.96. The van der Waals surface area contributed by atoms with Crippen LogP contribution in [0.1, 0.15) is 78.6 Å². The predicted molar refractivity (Wildman–Crippen MR) is 119 cm³/mol. The summed E-state index contributed by atoms with van der Waals surface area (Å²) in [4.78, 5) is 12.0. The summed E-state index contributed by atoms with van der Waals surface area (Å²) >= 11 is 0. The van der Waals surface area contributed by atoms with Crippen LogP contribution in [0, 0.1) is 22.7 Å². The van der Waals surface area contributed by atoms with E-state index in [1.807, 2.05) is 6.08 Å². The third-order valence-corrected chi connectivity index (χ3v) is 8.80. The highest BCUT2D eigenvalue weighted by Gasteiger charge is 2.60. The molecule has 174 valence electrons. The Labute approximate surface area is 187 Å². The van der Waals surface area contributed by atoms with Gasteiger partial charge in [0.1, 0.15) is 12.7 Å². The molecule has 7 atom stereocenters. The number of fused-ring (bicyclic) bond motifs is 3. The molecule has 5 nitrogen and oxygen atoms in total. The second-order valence-electron chi connectivity index (χ2n) is 10.7. The molecule has 1 N–H and O–H groups in total. The van der Waals surface area contributed by atoms with Crippen LogP contribution in [0.2, 0.25) is 0 Å². The maximum absolute atomic E-state index is 12.0. The highest BCUT2D eigenvalue weighted by Crippen LogP contribution is 2.63. The Balaban J connectivity index is 1.50. The highest BCUT2D eigenvalue weighted by atomic mass is 16.7. The first kappa shape index (κ1) is 23.0. The zero-order valence-electron chi connectivity index (χ0n) is 19.5. The van der Waals surface area contributed by atoms with E-state index in [4.69, 9.17) is 14.2 Å². The zero-order chi connectivity index (χ0) is 22.2. The number of aliphatic hydroxyl groups is 1. The average molecular weight is 433 g/mol. The first-order valence-electron chi connectivity index (χ1n) is 12.3. The molecule has 2 aliphatic heterocycles. The summed E-state index contributed by atoms with van der Waals surface area (Å²) in [7, 11) is 0. The number of unbranched alkanes of at least 4 members (excludes halogenated alkanes) is 2. The Morgan fingerprint density at radius 3 is 2.74 bits per heavy atom. The highest BCUT2D eigenvalue weighted by molar-refractivity contribution is 5.91. The lowest BCUT2D eigenvalue weighted by Gasteiger charge is -2.62. The van der Waals surface area contributed by atoms with Crippen molar-refractivity contribution in [1.29, 1.82) is 0 Å². The van der Waals surface area contributed by atoms with Gasteiger partial charge in [-0.3, -0.25) is 0 Å². The number of carbonyl (C=O) groups excluding carboxylic acids is 1. The third kappa shape index (κ3) is 4.14. The lowest BCUT2D eigenvalue weighted by atomic mass is 9.46. The third-order valence-electron chi connectivity index (χ3n) is 8.80. The SMILES string of the molecule is C=C1CC[C@@H]2[C@]3(C)CO[C@@H](CCCCC)O[C@@H]3CC[C@@]2(C)[C@@H]1C/C=C1/C(=O)OC[C@H]1O. The molecule has 0 amide bonds. The van der Waals surface area contributed by atoms with E-state index in [1.165, 1.54) is 18.4 Å². The molecule has 2 heterocycles. The van der Waals surface area contributed by atoms with Crippen LogP contribution < -0.4 is 0 Å². The molecule has 0 radical (unpaired) electrons. The molecule has 0 unspecified atom stereocenters. The Morgan fingerprint density at radius 1 is 1.23 bits per heavy atom. The van der Waals surface area contributed by atoms with Crippen molar-refractivity contribution >= 4 is 5.97 Å². The molecule has 0 aromatic rings. The second-order valence-corrected chi connectivity index (χ2v) is 10.7. The predicted octanol–water partition coefficient (Wildman–Crippen LogP) is 4.93. The summed E-state index contributed by atoms with van der Waals surface area (Å²) in [6.45, 7) is 12.3. The van der Waals surface area contributed by atoms with E-state index in [1.54, 1.807) is 0 Å². The van der Waals surface area contributed by atoms with Crippen molar-refractivity contribution < 1.29 is 24.1 Å². The number of esters is 1. The van der Waals surface area contributed by atoms with Crippen LogP contribution in [-0.2, 0) is 19.0 Å². The zero-order valence-corrected chi connectivity index (χ0v) is 19.5. The van der Waals surface area contributed by atoms with Crippen LogP contribution in [0.5, 0.6) is 0 Å². The van der Waals surface area contributed by atoms with Crippen molar-refractivity contribution in [3.05, 3.63) is 23.8 Å². The van der Waals surface area contributed by atoms with Gasteiger partial charge in [-0.25, -0.2) is 4.79 Å². The van der Waals surface area contributed by atoms with Gasteiger partial charge in [-0.15, -0.1) is 0 Å². The molecule has 2 aliphatic carbocycles. The topological polar surface area (TPSA) is 65.0 Å². The number of hydrogen-bond acceptors (Lipinski definition) is 5. The van der Waals surface area contributed by atoms with Crippen LogP contribution in [0.3, 0.4) is 0 Å². The average Bonchev–Trinajstić information content (AvgIpc) is 3.05. The fourth-order valence-corrected chi connectivity index (χ4v) is 6.96. The number of rotatable bonds is 6. The Kier molecular flexibility index (Phi) is 6.67. The van der Waals surface area contributed by atoms with E-state index < -0.39 is 6.10 Å². The van der Waals surface area contributed by atoms with E-state index in [-0.39, 0.29) is 35.8 Å². The monoisotopic (exact) mass is 432 g/mol. The summed E-state index contributed by atoms with van der Waals surface area (Å²) < 4.78 is 17.8. The Hall–Kier alpha value is -1.17. The van der Waals surface area contributed by atoms with Crippen LogP contribution >= 0.6 is 0 Å². The van der Waals surface area contributed by atoms with Crippen molar-refractivity contribution in [3.8, 4) is 0 Å². The van der Waals surface area contributed by atoms with Gasteiger partial charge in [-0.05, 0) is 62.2 Å². The number of hydrogen-bond donors (Lipinski definition) is 1. The van der Waals surface area contributed by atoms with E-state index in [9.17, 15) is 9.90 Å². The molecule has 0 bridgehead atoms. The minimum atomic E-state index is -0.800. The first-order chi connectivity index (χ1) is 14.8. The van der Waals surface area contributed by atoms with Crippen molar-refractivity contribution in [2.45, 2.75) is 97.1 Å². The lowest BCUT2D eigenvalue weighted by molar-refractivity contribution is -0.304. The lowest BCUT2D eigenvalue weighted by Crippen LogP contribution is -2.61. The summed E-state index contributed by atoms with van der Waals surface area (Å²) in [5.74, 6) is 0.401. The van der Waals surface area contributed by atoms with Gasteiger partial charge >= 0.3 is 5.97 Å². The molecule has 4 fully saturated rings. The van der Waals surface area contributed by atoms with Crippen LogP contribution in [0.4, 0.5) is 0 Å². The van der Waals surface area contributed by atoms with Crippen molar-refractivity contribution in [3.63, 3.8) is 0 Å². The number of carbonyl (C=O) groups is 1. The smallest absolute Gasteiger partial charge is 0.336 e. The molecule has 31 heavy (non-hydrogen) atoms. The van der Waals surface area contributed by atoms with Gasteiger partial charge in [0.25, 0.3) is 0 Å². The molecule has 0 aromatic carbocycles. The van der Waals surface area contributed by atoms with E-state index >= 15 is 0 Å². The molecule has 4 aliphatic rings. The standard InChI is InChI=1S/C26H40O5/c1-5-6-7-8-23-30-16-26(4)21-12-9-17(2)19(25(21,3)14-13-22(26)31-23)11-10-18-20(27)15-29-24(18)28/h10,19-23,27H,2,5-9,11-16H2,1,3-4H3/b18-10+/t19-,20-,21+,22-,23-,25+,26+/m1/s1. The van der Waals surface area contributed by atoms with Gasteiger partial charge in [-0.2, -0.15) is 0 Å².